The molecule has 0 unspecified atom stereocenters. The Labute approximate surface area is 133 Å². The lowest BCUT2D eigenvalue weighted by molar-refractivity contribution is -0.138. The van der Waals surface area contributed by atoms with Gasteiger partial charge in [-0.3, -0.25) is 9.69 Å². The van der Waals surface area contributed by atoms with Crippen LogP contribution >= 0.6 is 0 Å². The highest BCUT2D eigenvalue weighted by Gasteiger charge is 2.35. The molecule has 2 rings (SSSR count). The van der Waals surface area contributed by atoms with Crippen LogP contribution in [0.1, 0.15) is 24.0 Å². The summed E-state index contributed by atoms with van der Waals surface area (Å²) in [5.41, 5.74) is -2.40. The highest BCUT2D eigenvalue weighted by Crippen LogP contribution is 2.36. The van der Waals surface area contributed by atoms with E-state index in [1.165, 1.54) is 0 Å². The summed E-state index contributed by atoms with van der Waals surface area (Å²) in [5.74, 6) is -1.12. The van der Waals surface area contributed by atoms with E-state index in [0.29, 0.717) is 12.1 Å². The molecule has 1 fully saturated rings. The van der Waals surface area contributed by atoms with Crippen LogP contribution in [0.2, 0.25) is 0 Å². The second-order valence-electron chi connectivity index (χ2n) is 5.18. The van der Waals surface area contributed by atoms with Crippen molar-refractivity contribution in [2.75, 3.05) is 24.5 Å². The fourth-order valence-corrected chi connectivity index (χ4v) is 2.34. The van der Waals surface area contributed by atoms with Gasteiger partial charge in [0.2, 0.25) is 0 Å². The van der Waals surface area contributed by atoms with Crippen molar-refractivity contribution in [1.82, 2.24) is 4.90 Å². The minimum absolute atomic E-state index is 0.0115. The lowest BCUT2D eigenvalue weighted by Gasteiger charge is -2.20. The number of carbonyl (C=O) groups is 2. The number of halogens is 5. The Morgan fingerprint density at radius 2 is 1.88 bits per heavy atom. The van der Waals surface area contributed by atoms with E-state index in [9.17, 15) is 31.5 Å². The molecule has 0 aliphatic carbocycles. The van der Waals surface area contributed by atoms with Crippen LogP contribution in [0.25, 0.3) is 0 Å². The Morgan fingerprint density at radius 3 is 2.42 bits per heavy atom. The molecule has 2 amide bonds. The van der Waals surface area contributed by atoms with Crippen molar-refractivity contribution in [3.05, 3.63) is 29.3 Å². The van der Waals surface area contributed by atoms with Gasteiger partial charge in [-0.2, -0.15) is 13.2 Å². The number of rotatable bonds is 5. The van der Waals surface area contributed by atoms with Crippen LogP contribution in [0.4, 0.5) is 32.4 Å². The van der Waals surface area contributed by atoms with Gasteiger partial charge >= 0.3 is 18.2 Å². The van der Waals surface area contributed by atoms with Gasteiger partial charge in [0.25, 0.3) is 6.43 Å². The minimum atomic E-state index is -4.83. The zero-order valence-corrected chi connectivity index (χ0v) is 12.2. The second kappa shape index (κ2) is 6.62. The van der Waals surface area contributed by atoms with E-state index in [1.54, 1.807) is 0 Å². The third-order valence-corrected chi connectivity index (χ3v) is 3.52. The molecule has 1 aromatic carbocycles. The molecule has 10 heteroatoms. The number of benzene rings is 1. The fourth-order valence-electron chi connectivity index (χ4n) is 2.34. The summed E-state index contributed by atoms with van der Waals surface area (Å²) in [4.78, 5) is 24.8. The Balaban J connectivity index is 2.30. The Bertz CT molecular complexity index is 648. The first kappa shape index (κ1) is 18.0. The number of hydrogen-bond donors (Lipinski definition) is 1. The standard InChI is InChI=1S/C14H13F5N2O3/c15-12(16)8-5-9(14(17,18)19)7-10(6-8)21-4-3-20(13(21)24)2-1-11(22)23/h5-7,12H,1-4H2,(H,22,23). The maximum Gasteiger partial charge on any atom is 0.416 e. The quantitative estimate of drug-likeness (QED) is 0.827. The molecule has 0 radical (unpaired) electrons. The summed E-state index contributed by atoms with van der Waals surface area (Å²) in [7, 11) is 0. The predicted molar refractivity (Wildman–Crippen MR) is 73.0 cm³/mol. The molecule has 1 N–H and O–H groups in total. The van der Waals surface area contributed by atoms with Crippen molar-refractivity contribution in [1.29, 1.82) is 0 Å². The summed E-state index contributed by atoms with van der Waals surface area (Å²) in [6, 6.07) is 1.09. The van der Waals surface area contributed by atoms with Crippen LogP contribution in [-0.2, 0) is 11.0 Å². The highest BCUT2D eigenvalue weighted by molar-refractivity contribution is 5.94. The average molecular weight is 352 g/mol. The van der Waals surface area contributed by atoms with Crippen LogP contribution in [0, 0.1) is 0 Å². The molecule has 1 aromatic rings. The molecule has 1 heterocycles. The number of aliphatic carboxylic acids is 1. The van der Waals surface area contributed by atoms with Crippen molar-refractivity contribution in [3.8, 4) is 0 Å². The molecular weight excluding hydrogens is 339 g/mol. The molecule has 0 aromatic heterocycles. The van der Waals surface area contributed by atoms with E-state index in [2.05, 4.69) is 0 Å². The molecule has 132 valence electrons. The third-order valence-electron chi connectivity index (χ3n) is 3.52. The fraction of sp³-hybridized carbons (Fsp3) is 0.429. The van der Waals surface area contributed by atoms with Gasteiger partial charge in [0.05, 0.1) is 12.0 Å². The average Bonchev–Trinajstić information content (AvgIpc) is 2.84. The first-order valence-electron chi connectivity index (χ1n) is 6.88. The molecule has 1 aliphatic heterocycles. The first-order valence-corrected chi connectivity index (χ1v) is 6.88. The maximum atomic E-state index is 12.9. The van der Waals surface area contributed by atoms with Crippen LogP contribution in [-0.4, -0.2) is 41.6 Å². The van der Waals surface area contributed by atoms with E-state index < -0.39 is 35.7 Å². The molecule has 24 heavy (non-hydrogen) atoms. The first-order chi connectivity index (χ1) is 11.1. The Morgan fingerprint density at radius 1 is 1.21 bits per heavy atom. The van der Waals surface area contributed by atoms with Gasteiger partial charge in [0.1, 0.15) is 0 Å². The zero-order chi connectivity index (χ0) is 18.1. The van der Waals surface area contributed by atoms with E-state index in [4.69, 9.17) is 5.11 Å². The number of carboxylic acids is 1. The van der Waals surface area contributed by atoms with Crippen molar-refractivity contribution in [2.45, 2.75) is 19.0 Å². The number of nitrogens with zero attached hydrogens (tertiary/aromatic N) is 2. The van der Waals surface area contributed by atoms with Gasteiger partial charge in [-0.25, -0.2) is 13.6 Å². The van der Waals surface area contributed by atoms with E-state index >= 15 is 0 Å². The summed E-state index contributed by atoms with van der Waals surface area (Å²) in [6.07, 6.45) is -8.26. The van der Waals surface area contributed by atoms with E-state index in [0.717, 1.165) is 15.9 Å². The van der Waals surface area contributed by atoms with Crippen molar-refractivity contribution in [2.24, 2.45) is 0 Å². The number of anilines is 1. The maximum absolute atomic E-state index is 12.9. The van der Waals surface area contributed by atoms with Gasteiger partial charge in [-0.1, -0.05) is 0 Å². The molecule has 1 saturated heterocycles. The molecule has 5 nitrogen and oxygen atoms in total. The molecule has 0 bridgehead atoms. The van der Waals surface area contributed by atoms with Crippen molar-refractivity contribution in [3.63, 3.8) is 0 Å². The van der Waals surface area contributed by atoms with Gasteiger partial charge < -0.3 is 10.0 Å². The zero-order valence-electron chi connectivity index (χ0n) is 12.2. The number of hydrogen-bond acceptors (Lipinski definition) is 2. The Kier molecular flexibility index (Phi) is 4.95. The van der Waals surface area contributed by atoms with Gasteiger partial charge in [-0.15, -0.1) is 0 Å². The van der Waals surface area contributed by atoms with E-state index in [1.807, 2.05) is 0 Å². The predicted octanol–water partition coefficient (Wildman–Crippen LogP) is 3.36. The largest absolute Gasteiger partial charge is 0.481 e. The number of amides is 2. The molecule has 1 aliphatic rings. The molecular formula is C14H13F5N2O3. The highest BCUT2D eigenvalue weighted by atomic mass is 19.4. The lowest BCUT2D eigenvalue weighted by Crippen LogP contribution is -2.33. The van der Waals surface area contributed by atoms with Crippen LogP contribution < -0.4 is 4.90 Å². The van der Waals surface area contributed by atoms with Gasteiger partial charge in [-0.05, 0) is 18.2 Å². The second-order valence-corrected chi connectivity index (χ2v) is 5.18. The number of carbonyl (C=O) groups excluding carboxylic acids is 1. The number of carboxylic acid groups (broad SMARTS) is 1. The van der Waals surface area contributed by atoms with Crippen LogP contribution in [0.15, 0.2) is 18.2 Å². The summed E-state index contributed by atoms with van der Waals surface area (Å²) in [6.45, 7) is -0.0137. The smallest absolute Gasteiger partial charge is 0.416 e. The molecule has 0 atom stereocenters. The minimum Gasteiger partial charge on any atom is -0.481 e. The molecule has 0 spiro atoms. The van der Waals surface area contributed by atoms with Crippen LogP contribution in [0.5, 0.6) is 0 Å². The van der Waals surface area contributed by atoms with Crippen LogP contribution in [0.3, 0.4) is 0 Å². The van der Waals surface area contributed by atoms with Crippen molar-refractivity contribution < 1.29 is 36.6 Å². The topological polar surface area (TPSA) is 60.9 Å². The van der Waals surface area contributed by atoms with Crippen molar-refractivity contribution >= 4 is 17.7 Å². The summed E-state index contributed by atoms with van der Waals surface area (Å²) >= 11 is 0. The monoisotopic (exact) mass is 352 g/mol. The van der Waals surface area contributed by atoms with Gasteiger partial charge in [0, 0.05) is 30.9 Å². The van der Waals surface area contributed by atoms with Gasteiger partial charge in [0.15, 0.2) is 0 Å². The summed E-state index contributed by atoms with van der Waals surface area (Å²) < 4.78 is 64.3. The summed E-state index contributed by atoms with van der Waals surface area (Å²) in [5, 5.41) is 8.61. The van der Waals surface area contributed by atoms with E-state index in [-0.39, 0.29) is 31.7 Å². The lowest BCUT2D eigenvalue weighted by atomic mass is 10.1. The number of urea groups is 1. The SMILES string of the molecule is O=C(O)CCN1CCN(c2cc(C(F)F)cc(C(F)(F)F)c2)C1=O. The Hall–Kier alpha value is -2.39. The number of alkyl halides is 5. The normalized spacial score (nSPS) is 15.5. The third kappa shape index (κ3) is 3.92. The molecule has 0 saturated carbocycles.